The molecule has 0 aromatic carbocycles. The summed E-state index contributed by atoms with van der Waals surface area (Å²) in [5.41, 5.74) is 6.84. The third-order valence-electron chi connectivity index (χ3n) is 3.05. The van der Waals surface area contributed by atoms with Gasteiger partial charge in [-0.15, -0.1) is 4.52 Å². The maximum Gasteiger partial charge on any atom is 0.540 e. The number of nitrogens with zero attached hydrogens (tertiary/aromatic N) is 4. The fourth-order valence-electron chi connectivity index (χ4n) is 1.95. The Kier molecular flexibility index (Phi) is 7.19. The Bertz CT molecular complexity index is 767. The van der Waals surface area contributed by atoms with E-state index in [0.29, 0.717) is 23.5 Å². The maximum absolute atomic E-state index is 11.7. The van der Waals surface area contributed by atoms with Crippen molar-refractivity contribution in [2.45, 2.75) is 39.5 Å². The Morgan fingerprint density at radius 1 is 1.31 bits per heavy atom. The molecular formula is C14H21N5O6P+. The zero-order valence-corrected chi connectivity index (χ0v) is 15.6. The van der Waals surface area contributed by atoms with E-state index < -0.39 is 21.0 Å². The first-order valence-corrected chi connectivity index (χ1v) is 9.17. The van der Waals surface area contributed by atoms with Gasteiger partial charge in [0.2, 0.25) is 6.79 Å². The first kappa shape index (κ1) is 20.0. The van der Waals surface area contributed by atoms with Crippen LogP contribution in [0.25, 0.3) is 11.2 Å². The SMILES string of the molecule is CC(C)OC(=O)OCO[P+](=O)COC(C)Cn1cnc2c(N)ncnc21. The van der Waals surface area contributed by atoms with E-state index >= 15 is 0 Å². The molecule has 0 saturated heterocycles. The van der Waals surface area contributed by atoms with Gasteiger partial charge in [-0.05, 0) is 25.3 Å². The molecule has 26 heavy (non-hydrogen) atoms. The van der Waals surface area contributed by atoms with Crippen molar-refractivity contribution in [1.82, 2.24) is 19.5 Å². The minimum Gasteiger partial charge on any atom is -0.432 e. The highest BCUT2D eigenvalue weighted by Crippen LogP contribution is 2.23. The number of ether oxygens (including phenoxy) is 3. The number of nitrogen functional groups attached to an aromatic ring is 1. The monoisotopic (exact) mass is 386 g/mol. The molecule has 2 atom stereocenters. The predicted molar refractivity (Wildman–Crippen MR) is 91.4 cm³/mol. The summed E-state index contributed by atoms with van der Waals surface area (Å²) in [6, 6.07) is 0. The van der Waals surface area contributed by atoms with Crippen LogP contribution in [0.15, 0.2) is 12.7 Å². The quantitative estimate of drug-likeness (QED) is 0.386. The summed E-state index contributed by atoms with van der Waals surface area (Å²) in [6.45, 7) is 5.12. The lowest BCUT2D eigenvalue weighted by Gasteiger charge is -2.10. The van der Waals surface area contributed by atoms with Crippen LogP contribution in [-0.4, -0.2) is 51.0 Å². The van der Waals surface area contributed by atoms with E-state index in [1.54, 1.807) is 31.7 Å². The van der Waals surface area contributed by atoms with E-state index in [1.165, 1.54) is 6.33 Å². The summed E-state index contributed by atoms with van der Waals surface area (Å²) in [4.78, 5) is 23.3. The largest absolute Gasteiger partial charge is 0.540 e. The Labute approximate surface area is 150 Å². The standard InChI is InChI=1S/C14H21N5O6P/c1-9(2)25-14(20)22-7-24-26(21)8-23-10(3)4-19-6-18-11-12(15)16-5-17-13(11)19/h5-6,9-10H,4,7-8H2,1-3H3,(H2,15,16,17)/q+1. The molecule has 0 aliphatic rings. The molecule has 2 unspecified atom stereocenters. The van der Waals surface area contributed by atoms with E-state index in [-0.39, 0.29) is 18.6 Å². The van der Waals surface area contributed by atoms with Gasteiger partial charge in [0.1, 0.15) is 11.8 Å². The molecule has 11 nitrogen and oxygen atoms in total. The highest BCUT2D eigenvalue weighted by atomic mass is 31.1. The number of aromatic nitrogens is 4. The molecule has 12 heteroatoms. The first-order chi connectivity index (χ1) is 12.4. The van der Waals surface area contributed by atoms with E-state index in [1.807, 2.05) is 0 Å². The number of rotatable bonds is 9. The second kappa shape index (κ2) is 9.37. The summed E-state index contributed by atoms with van der Waals surface area (Å²) < 4.78 is 33.2. The average Bonchev–Trinajstić information content (AvgIpc) is 2.97. The molecule has 2 heterocycles. The van der Waals surface area contributed by atoms with Crippen LogP contribution in [0, 0.1) is 0 Å². The van der Waals surface area contributed by atoms with Gasteiger partial charge in [0.15, 0.2) is 11.5 Å². The average molecular weight is 386 g/mol. The molecule has 0 aliphatic heterocycles. The van der Waals surface area contributed by atoms with Crippen LogP contribution in [0.3, 0.4) is 0 Å². The molecule has 2 aromatic heterocycles. The summed E-state index contributed by atoms with van der Waals surface area (Å²) >= 11 is 0. The van der Waals surface area contributed by atoms with Crippen LogP contribution in [0.5, 0.6) is 0 Å². The van der Waals surface area contributed by atoms with Gasteiger partial charge in [0.05, 0.1) is 25.1 Å². The van der Waals surface area contributed by atoms with E-state index in [0.717, 1.165) is 0 Å². The number of fused-ring (bicyclic) bond motifs is 1. The molecule has 0 amide bonds. The fraction of sp³-hybridized carbons (Fsp3) is 0.571. The van der Waals surface area contributed by atoms with Gasteiger partial charge in [-0.1, -0.05) is 0 Å². The Morgan fingerprint density at radius 3 is 2.81 bits per heavy atom. The molecule has 0 bridgehead atoms. The topological polar surface area (TPSA) is 141 Å². The lowest BCUT2D eigenvalue weighted by Crippen LogP contribution is -2.17. The number of anilines is 1. The predicted octanol–water partition coefficient (Wildman–Crippen LogP) is 2.05. The number of hydrogen-bond acceptors (Lipinski definition) is 10. The van der Waals surface area contributed by atoms with E-state index in [9.17, 15) is 9.36 Å². The Hall–Kier alpha value is -2.36. The smallest absolute Gasteiger partial charge is 0.432 e. The van der Waals surface area contributed by atoms with Crippen molar-refractivity contribution in [1.29, 1.82) is 0 Å². The van der Waals surface area contributed by atoms with Gasteiger partial charge in [-0.2, -0.15) is 0 Å². The van der Waals surface area contributed by atoms with Gasteiger partial charge in [0.25, 0.3) is 6.35 Å². The van der Waals surface area contributed by atoms with Crippen molar-refractivity contribution in [3.05, 3.63) is 12.7 Å². The number of imidazole rings is 1. The number of hydrogen-bond donors (Lipinski definition) is 1. The second-order valence-electron chi connectivity index (χ2n) is 5.58. The van der Waals surface area contributed by atoms with Gasteiger partial charge in [0, 0.05) is 0 Å². The summed E-state index contributed by atoms with van der Waals surface area (Å²) in [7, 11) is -2.14. The van der Waals surface area contributed by atoms with Crippen molar-refractivity contribution in [2.75, 3.05) is 18.9 Å². The van der Waals surface area contributed by atoms with Crippen molar-refractivity contribution >= 4 is 31.2 Å². The van der Waals surface area contributed by atoms with Crippen molar-refractivity contribution in [3.63, 3.8) is 0 Å². The highest BCUT2D eigenvalue weighted by Gasteiger charge is 2.22. The zero-order valence-electron chi connectivity index (χ0n) is 14.7. The molecule has 142 valence electrons. The summed E-state index contributed by atoms with van der Waals surface area (Å²) in [5.74, 6) is 0.301. The van der Waals surface area contributed by atoms with Crippen LogP contribution in [-0.2, 0) is 29.8 Å². The molecule has 0 spiro atoms. The lowest BCUT2D eigenvalue weighted by molar-refractivity contribution is -0.00819. The van der Waals surface area contributed by atoms with Crippen LogP contribution in [0.2, 0.25) is 0 Å². The second-order valence-corrected chi connectivity index (χ2v) is 6.76. The normalized spacial score (nSPS) is 13.0. The van der Waals surface area contributed by atoms with Gasteiger partial charge in [-0.25, -0.2) is 19.7 Å². The summed E-state index contributed by atoms with van der Waals surface area (Å²) in [6.07, 6.45) is 1.31. The molecule has 2 rings (SSSR count). The maximum atomic E-state index is 11.7. The van der Waals surface area contributed by atoms with Crippen LogP contribution < -0.4 is 5.73 Å². The molecule has 2 N–H and O–H groups in total. The minimum atomic E-state index is -2.14. The van der Waals surface area contributed by atoms with Crippen molar-refractivity contribution in [2.24, 2.45) is 0 Å². The molecule has 0 fully saturated rings. The van der Waals surface area contributed by atoms with Crippen molar-refractivity contribution < 1.29 is 28.1 Å². The van der Waals surface area contributed by atoms with E-state index in [4.69, 9.17) is 19.7 Å². The molecule has 0 saturated carbocycles. The minimum absolute atomic E-state index is 0.150. The molecule has 2 aromatic rings. The first-order valence-electron chi connectivity index (χ1n) is 7.80. The number of nitrogens with two attached hydrogens (primary N) is 1. The van der Waals surface area contributed by atoms with Crippen LogP contribution >= 0.6 is 8.03 Å². The zero-order chi connectivity index (χ0) is 19.1. The van der Waals surface area contributed by atoms with Crippen LogP contribution in [0.4, 0.5) is 10.6 Å². The molecule has 0 radical (unpaired) electrons. The molecule has 0 aliphatic carbocycles. The Morgan fingerprint density at radius 2 is 2.08 bits per heavy atom. The summed E-state index contributed by atoms with van der Waals surface area (Å²) in [5, 5.41) is 0. The number of carbonyl (C=O) groups excluding carboxylic acids is 1. The Balaban J connectivity index is 1.72. The number of carbonyl (C=O) groups is 1. The lowest BCUT2D eigenvalue weighted by atomic mass is 10.4. The van der Waals surface area contributed by atoms with E-state index in [2.05, 4.69) is 19.7 Å². The van der Waals surface area contributed by atoms with Gasteiger partial charge < -0.3 is 24.5 Å². The van der Waals surface area contributed by atoms with Crippen LogP contribution in [0.1, 0.15) is 20.8 Å². The van der Waals surface area contributed by atoms with Gasteiger partial charge in [-0.3, -0.25) is 0 Å². The molecular weight excluding hydrogens is 365 g/mol. The fourth-order valence-corrected chi connectivity index (χ4v) is 2.57. The van der Waals surface area contributed by atoms with Gasteiger partial charge >= 0.3 is 14.2 Å². The third kappa shape index (κ3) is 5.87. The third-order valence-corrected chi connectivity index (χ3v) is 3.81. The highest BCUT2D eigenvalue weighted by molar-refractivity contribution is 7.38. The van der Waals surface area contributed by atoms with Crippen molar-refractivity contribution in [3.8, 4) is 0 Å².